The van der Waals surface area contributed by atoms with Crippen LogP contribution < -0.4 is 11.1 Å². The molecular weight excluding hydrogens is 336 g/mol. The minimum atomic E-state index is -1.03. The Balaban J connectivity index is 2.29. The second-order valence-corrected chi connectivity index (χ2v) is 5.33. The van der Waals surface area contributed by atoms with Crippen molar-refractivity contribution >= 4 is 39.2 Å². The van der Waals surface area contributed by atoms with Crippen molar-refractivity contribution in [3.63, 3.8) is 0 Å². The number of aromatic carboxylic acids is 1. The first kappa shape index (κ1) is 15.1. The molecule has 0 saturated carbocycles. The fourth-order valence-electron chi connectivity index (χ4n) is 1.87. The zero-order valence-corrected chi connectivity index (χ0v) is 12.8. The van der Waals surface area contributed by atoms with Crippen molar-refractivity contribution in [1.29, 1.82) is 0 Å². The summed E-state index contributed by atoms with van der Waals surface area (Å²) in [7, 11) is 0. The molecule has 0 saturated heterocycles. The highest BCUT2D eigenvalue weighted by molar-refractivity contribution is 9.10. The molecule has 0 spiro atoms. The van der Waals surface area contributed by atoms with Gasteiger partial charge >= 0.3 is 5.97 Å². The summed E-state index contributed by atoms with van der Waals surface area (Å²) in [6.45, 7) is 1.65. The first-order valence-electron chi connectivity index (χ1n) is 6.09. The number of amides is 1. The van der Waals surface area contributed by atoms with Gasteiger partial charge in [0, 0.05) is 21.4 Å². The molecular formula is C15H13BrN2O3. The van der Waals surface area contributed by atoms with Crippen LogP contribution in [0.4, 0.5) is 11.4 Å². The third kappa shape index (κ3) is 3.22. The molecule has 0 aliphatic rings. The molecule has 21 heavy (non-hydrogen) atoms. The van der Waals surface area contributed by atoms with Crippen molar-refractivity contribution in [1.82, 2.24) is 0 Å². The molecule has 2 aromatic rings. The molecule has 0 heterocycles. The third-order valence-electron chi connectivity index (χ3n) is 3.08. The lowest BCUT2D eigenvalue weighted by Gasteiger charge is -2.11. The Labute approximate surface area is 129 Å². The van der Waals surface area contributed by atoms with Crippen molar-refractivity contribution in [2.75, 3.05) is 11.1 Å². The molecule has 108 valence electrons. The lowest BCUT2D eigenvalue weighted by Crippen LogP contribution is -2.14. The number of carbonyl (C=O) groups excluding carboxylic acids is 1. The van der Waals surface area contributed by atoms with Gasteiger partial charge in [0.25, 0.3) is 5.91 Å². The van der Waals surface area contributed by atoms with E-state index in [-0.39, 0.29) is 11.5 Å². The summed E-state index contributed by atoms with van der Waals surface area (Å²) in [5, 5.41) is 11.8. The van der Waals surface area contributed by atoms with Gasteiger partial charge < -0.3 is 16.2 Å². The van der Waals surface area contributed by atoms with Crippen LogP contribution in [-0.2, 0) is 0 Å². The molecule has 6 heteroatoms. The fourth-order valence-corrected chi connectivity index (χ4v) is 2.24. The smallest absolute Gasteiger partial charge is 0.336 e. The van der Waals surface area contributed by atoms with E-state index in [0.29, 0.717) is 27.0 Å². The van der Waals surface area contributed by atoms with Gasteiger partial charge in [0.15, 0.2) is 0 Å². The Bertz CT molecular complexity index is 729. The summed E-state index contributed by atoms with van der Waals surface area (Å²) in [6.07, 6.45) is 0. The van der Waals surface area contributed by atoms with Gasteiger partial charge in [-0.3, -0.25) is 4.79 Å². The fraction of sp³-hybridized carbons (Fsp3) is 0.0667. The number of carboxylic acids is 1. The Morgan fingerprint density at radius 1 is 1.24 bits per heavy atom. The number of carboxylic acid groups (broad SMARTS) is 1. The number of nitrogen functional groups attached to an aromatic ring is 1. The molecule has 5 nitrogen and oxygen atoms in total. The summed E-state index contributed by atoms with van der Waals surface area (Å²) in [5.41, 5.74) is 7.77. The topological polar surface area (TPSA) is 92.4 Å². The Kier molecular flexibility index (Phi) is 4.28. The molecule has 0 unspecified atom stereocenters. The third-order valence-corrected chi connectivity index (χ3v) is 3.76. The van der Waals surface area contributed by atoms with Crippen LogP contribution in [0.15, 0.2) is 40.9 Å². The van der Waals surface area contributed by atoms with E-state index in [4.69, 9.17) is 10.8 Å². The van der Waals surface area contributed by atoms with Gasteiger partial charge in [-0.1, -0.05) is 6.07 Å². The van der Waals surface area contributed by atoms with E-state index < -0.39 is 5.97 Å². The maximum Gasteiger partial charge on any atom is 0.336 e. The standard InChI is InChI=1S/C15H13BrN2O3/c1-8-10(15(20)21)3-2-4-13(8)18-14(19)9-5-6-12(17)11(16)7-9/h2-7H,17H2,1H3,(H,18,19)(H,20,21). The van der Waals surface area contributed by atoms with Crippen molar-refractivity contribution in [3.8, 4) is 0 Å². The summed E-state index contributed by atoms with van der Waals surface area (Å²) in [6, 6.07) is 9.58. The van der Waals surface area contributed by atoms with Crippen LogP contribution in [0.2, 0.25) is 0 Å². The van der Waals surface area contributed by atoms with Crippen molar-refractivity contribution < 1.29 is 14.7 Å². The first-order chi connectivity index (χ1) is 9.90. The van der Waals surface area contributed by atoms with E-state index in [2.05, 4.69) is 21.2 Å². The maximum atomic E-state index is 12.2. The molecule has 2 rings (SSSR count). The van der Waals surface area contributed by atoms with Crippen molar-refractivity contribution in [3.05, 3.63) is 57.6 Å². The van der Waals surface area contributed by atoms with Gasteiger partial charge in [0.1, 0.15) is 0 Å². The predicted octanol–water partition coefficient (Wildman–Crippen LogP) is 3.29. The number of hydrogen-bond donors (Lipinski definition) is 3. The van der Waals surface area contributed by atoms with Gasteiger partial charge in [0.2, 0.25) is 0 Å². The molecule has 0 bridgehead atoms. The largest absolute Gasteiger partial charge is 0.478 e. The van der Waals surface area contributed by atoms with E-state index >= 15 is 0 Å². The SMILES string of the molecule is Cc1c(NC(=O)c2ccc(N)c(Br)c2)cccc1C(=O)O. The average Bonchev–Trinajstić information content (AvgIpc) is 2.43. The zero-order valence-electron chi connectivity index (χ0n) is 11.2. The number of nitrogens with two attached hydrogens (primary N) is 1. The first-order valence-corrected chi connectivity index (χ1v) is 6.88. The minimum absolute atomic E-state index is 0.159. The predicted molar refractivity (Wildman–Crippen MR) is 84.6 cm³/mol. The van der Waals surface area contributed by atoms with Crippen LogP contribution >= 0.6 is 15.9 Å². The summed E-state index contributed by atoms with van der Waals surface area (Å²) < 4.78 is 0.631. The summed E-state index contributed by atoms with van der Waals surface area (Å²) in [4.78, 5) is 23.3. The van der Waals surface area contributed by atoms with E-state index in [1.165, 1.54) is 6.07 Å². The van der Waals surface area contributed by atoms with Crippen LogP contribution in [-0.4, -0.2) is 17.0 Å². The van der Waals surface area contributed by atoms with Crippen LogP contribution in [0.1, 0.15) is 26.3 Å². The van der Waals surface area contributed by atoms with Gasteiger partial charge in [-0.05, 0) is 58.7 Å². The number of carbonyl (C=O) groups is 2. The molecule has 4 N–H and O–H groups in total. The summed E-state index contributed by atoms with van der Waals surface area (Å²) in [5.74, 6) is -1.36. The van der Waals surface area contributed by atoms with Crippen LogP contribution in [0.5, 0.6) is 0 Å². The highest BCUT2D eigenvalue weighted by Gasteiger charge is 2.13. The number of benzene rings is 2. The monoisotopic (exact) mass is 348 g/mol. The second-order valence-electron chi connectivity index (χ2n) is 4.47. The van der Waals surface area contributed by atoms with Gasteiger partial charge in [-0.25, -0.2) is 4.79 Å². The second kappa shape index (κ2) is 5.97. The van der Waals surface area contributed by atoms with Gasteiger partial charge in [-0.2, -0.15) is 0 Å². The number of anilines is 2. The Hall–Kier alpha value is -2.34. The van der Waals surface area contributed by atoms with Crippen LogP contribution in [0.25, 0.3) is 0 Å². The number of nitrogens with one attached hydrogen (secondary N) is 1. The number of rotatable bonds is 3. The molecule has 0 aliphatic carbocycles. The van der Waals surface area contributed by atoms with E-state index in [1.54, 1.807) is 37.3 Å². The minimum Gasteiger partial charge on any atom is -0.478 e. The van der Waals surface area contributed by atoms with Gasteiger partial charge in [0.05, 0.1) is 5.56 Å². The highest BCUT2D eigenvalue weighted by atomic mass is 79.9. The lowest BCUT2D eigenvalue weighted by molar-refractivity contribution is 0.0695. The maximum absolute atomic E-state index is 12.2. The Morgan fingerprint density at radius 2 is 1.95 bits per heavy atom. The molecule has 2 aromatic carbocycles. The number of halogens is 1. The normalized spacial score (nSPS) is 10.2. The molecule has 0 radical (unpaired) electrons. The molecule has 1 amide bonds. The molecule has 0 fully saturated rings. The molecule has 0 atom stereocenters. The van der Waals surface area contributed by atoms with Crippen molar-refractivity contribution in [2.24, 2.45) is 0 Å². The Morgan fingerprint density at radius 3 is 2.57 bits per heavy atom. The van der Waals surface area contributed by atoms with Crippen molar-refractivity contribution in [2.45, 2.75) is 6.92 Å². The van der Waals surface area contributed by atoms with Crippen LogP contribution in [0, 0.1) is 6.92 Å². The summed E-state index contributed by atoms with van der Waals surface area (Å²) >= 11 is 3.26. The van der Waals surface area contributed by atoms with Crippen LogP contribution in [0.3, 0.4) is 0 Å². The molecule has 0 aliphatic heterocycles. The molecule has 0 aromatic heterocycles. The highest BCUT2D eigenvalue weighted by Crippen LogP contribution is 2.23. The van der Waals surface area contributed by atoms with E-state index in [0.717, 1.165) is 0 Å². The van der Waals surface area contributed by atoms with E-state index in [9.17, 15) is 9.59 Å². The zero-order chi connectivity index (χ0) is 15.6. The quantitative estimate of drug-likeness (QED) is 0.742. The van der Waals surface area contributed by atoms with E-state index in [1.807, 2.05) is 0 Å². The lowest BCUT2D eigenvalue weighted by atomic mass is 10.1. The number of hydrogen-bond acceptors (Lipinski definition) is 3. The average molecular weight is 349 g/mol. The van der Waals surface area contributed by atoms with Gasteiger partial charge in [-0.15, -0.1) is 0 Å².